The lowest BCUT2D eigenvalue weighted by atomic mass is 10.2. The number of aromatic nitrogens is 2. The molecule has 21 heavy (non-hydrogen) atoms. The first-order valence-electron chi connectivity index (χ1n) is 6.60. The molecule has 0 radical (unpaired) electrons. The Kier molecular flexibility index (Phi) is 5.38. The summed E-state index contributed by atoms with van der Waals surface area (Å²) < 4.78 is 26.7. The molecule has 6 nitrogen and oxygen atoms in total. The number of sulfonamides is 1. The monoisotopic (exact) mass is 306 g/mol. The highest BCUT2D eigenvalue weighted by Gasteiger charge is 2.14. The molecule has 0 unspecified atom stereocenters. The molecule has 0 spiro atoms. The zero-order valence-corrected chi connectivity index (χ0v) is 12.6. The second-order valence-corrected chi connectivity index (χ2v) is 6.25. The number of hydrogen-bond donors (Lipinski definition) is 2. The Morgan fingerprint density at radius 3 is 2.48 bits per heavy atom. The van der Waals surface area contributed by atoms with Gasteiger partial charge >= 0.3 is 0 Å². The van der Waals surface area contributed by atoms with E-state index in [0.29, 0.717) is 19.5 Å². The summed E-state index contributed by atoms with van der Waals surface area (Å²) in [7, 11) is -1.73. The summed E-state index contributed by atoms with van der Waals surface area (Å²) in [6.45, 7) is 0.981. The van der Waals surface area contributed by atoms with Crippen LogP contribution in [0.3, 0.4) is 0 Å². The van der Waals surface area contributed by atoms with E-state index >= 15 is 0 Å². The van der Waals surface area contributed by atoms with Crippen LogP contribution in [0.1, 0.15) is 11.1 Å². The van der Waals surface area contributed by atoms with Gasteiger partial charge in [0.2, 0.25) is 0 Å². The lowest BCUT2D eigenvalue weighted by molar-refractivity contribution is 0.577. The number of nitrogens with zero attached hydrogens (tertiary/aromatic N) is 2. The van der Waals surface area contributed by atoms with Gasteiger partial charge in [0.25, 0.3) is 10.0 Å². The summed E-state index contributed by atoms with van der Waals surface area (Å²) in [5.41, 5.74) is 1.97. The highest BCUT2D eigenvalue weighted by Crippen LogP contribution is 2.07. The molecule has 0 aliphatic rings. The van der Waals surface area contributed by atoms with E-state index in [1.807, 2.05) is 19.2 Å². The maximum Gasteiger partial charge on any atom is 0.258 e. The molecule has 7 heteroatoms. The maximum absolute atomic E-state index is 12.1. The van der Waals surface area contributed by atoms with Crippen LogP contribution in [-0.2, 0) is 23.0 Å². The summed E-state index contributed by atoms with van der Waals surface area (Å²) in [6.07, 6.45) is 5.55. The van der Waals surface area contributed by atoms with E-state index in [0.717, 1.165) is 11.1 Å². The van der Waals surface area contributed by atoms with E-state index in [1.165, 1.54) is 6.07 Å². The van der Waals surface area contributed by atoms with E-state index in [4.69, 9.17) is 0 Å². The zero-order chi connectivity index (χ0) is 15.1. The fourth-order valence-corrected chi connectivity index (χ4v) is 2.79. The van der Waals surface area contributed by atoms with Crippen LogP contribution >= 0.6 is 0 Å². The molecule has 2 aromatic heterocycles. The van der Waals surface area contributed by atoms with Crippen LogP contribution in [0.15, 0.2) is 47.9 Å². The molecule has 0 aliphatic heterocycles. The van der Waals surface area contributed by atoms with Gasteiger partial charge < -0.3 is 5.32 Å². The van der Waals surface area contributed by atoms with Crippen molar-refractivity contribution in [2.24, 2.45) is 0 Å². The molecule has 0 fully saturated rings. The first-order valence-corrected chi connectivity index (χ1v) is 8.08. The van der Waals surface area contributed by atoms with Crippen molar-refractivity contribution in [2.75, 3.05) is 13.6 Å². The molecule has 2 heterocycles. The molecular formula is C14H18N4O2S. The normalized spacial score (nSPS) is 11.5. The molecule has 0 aromatic carbocycles. The summed E-state index contributed by atoms with van der Waals surface area (Å²) in [5, 5.41) is 3.02. The van der Waals surface area contributed by atoms with Gasteiger partial charge in [-0.05, 0) is 42.8 Å². The summed E-state index contributed by atoms with van der Waals surface area (Å²) in [4.78, 5) is 7.91. The van der Waals surface area contributed by atoms with Crippen molar-refractivity contribution in [1.29, 1.82) is 0 Å². The molecule has 2 aromatic rings. The Balaban J connectivity index is 1.95. The van der Waals surface area contributed by atoms with Crippen molar-refractivity contribution >= 4 is 10.0 Å². The van der Waals surface area contributed by atoms with E-state index in [1.54, 1.807) is 24.7 Å². The fraction of sp³-hybridized carbons (Fsp3) is 0.286. The van der Waals surface area contributed by atoms with Gasteiger partial charge in [-0.3, -0.25) is 4.98 Å². The molecule has 2 rings (SSSR count). The van der Waals surface area contributed by atoms with E-state index in [2.05, 4.69) is 20.0 Å². The Bertz CT molecular complexity index is 657. The Hall–Kier alpha value is -1.83. The van der Waals surface area contributed by atoms with Crippen molar-refractivity contribution in [3.63, 3.8) is 0 Å². The minimum atomic E-state index is -3.56. The van der Waals surface area contributed by atoms with E-state index in [-0.39, 0.29) is 5.03 Å². The molecule has 0 atom stereocenters. The molecule has 0 aliphatic carbocycles. The number of pyridine rings is 2. The number of hydrogen-bond acceptors (Lipinski definition) is 5. The van der Waals surface area contributed by atoms with Crippen LogP contribution in [0.5, 0.6) is 0 Å². The highest BCUT2D eigenvalue weighted by molar-refractivity contribution is 7.89. The van der Waals surface area contributed by atoms with E-state index in [9.17, 15) is 8.42 Å². The standard InChI is InChI=1S/C14H18N4O2S/c1-15-10-13-2-3-14(17-11-13)21(19,20)18-9-6-12-4-7-16-8-5-12/h2-5,7-8,11,15,18H,6,9-10H2,1H3. The smallest absolute Gasteiger partial charge is 0.258 e. The number of nitrogens with one attached hydrogen (secondary N) is 2. The predicted octanol–water partition coefficient (Wildman–Crippen LogP) is 0.717. The summed E-state index contributed by atoms with van der Waals surface area (Å²) in [6, 6.07) is 6.99. The zero-order valence-electron chi connectivity index (χ0n) is 11.8. The lowest BCUT2D eigenvalue weighted by Gasteiger charge is -2.07. The third-order valence-corrected chi connectivity index (χ3v) is 4.29. The average Bonchev–Trinajstić information content (AvgIpc) is 2.49. The molecule has 0 bridgehead atoms. The van der Waals surface area contributed by atoms with Crippen molar-refractivity contribution < 1.29 is 8.42 Å². The Morgan fingerprint density at radius 2 is 1.86 bits per heavy atom. The highest BCUT2D eigenvalue weighted by atomic mass is 32.2. The third kappa shape index (κ3) is 4.59. The van der Waals surface area contributed by atoms with Crippen molar-refractivity contribution in [2.45, 2.75) is 18.0 Å². The number of rotatable bonds is 7. The van der Waals surface area contributed by atoms with Gasteiger partial charge in [-0.25, -0.2) is 18.1 Å². The van der Waals surface area contributed by atoms with Crippen LogP contribution in [0.4, 0.5) is 0 Å². The summed E-state index contributed by atoms with van der Waals surface area (Å²) in [5.74, 6) is 0. The van der Waals surface area contributed by atoms with Crippen LogP contribution in [0, 0.1) is 0 Å². The first kappa shape index (κ1) is 15.6. The van der Waals surface area contributed by atoms with Gasteiger partial charge in [-0.2, -0.15) is 0 Å². The van der Waals surface area contributed by atoms with Crippen molar-refractivity contribution in [3.8, 4) is 0 Å². The summed E-state index contributed by atoms with van der Waals surface area (Å²) >= 11 is 0. The van der Waals surface area contributed by atoms with Crippen molar-refractivity contribution in [3.05, 3.63) is 54.0 Å². The molecule has 2 N–H and O–H groups in total. The Morgan fingerprint density at radius 1 is 1.10 bits per heavy atom. The van der Waals surface area contributed by atoms with Gasteiger partial charge in [0.05, 0.1) is 0 Å². The molecule has 112 valence electrons. The Labute approximate surface area is 124 Å². The molecule has 0 saturated carbocycles. The van der Waals surface area contributed by atoms with Gasteiger partial charge in [0, 0.05) is 31.7 Å². The second-order valence-electron chi connectivity index (χ2n) is 4.54. The fourth-order valence-electron chi connectivity index (χ4n) is 1.83. The third-order valence-electron chi connectivity index (χ3n) is 2.91. The maximum atomic E-state index is 12.1. The topological polar surface area (TPSA) is 84.0 Å². The van der Waals surface area contributed by atoms with Gasteiger partial charge in [0.15, 0.2) is 5.03 Å². The van der Waals surface area contributed by atoms with Crippen LogP contribution in [-0.4, -0.2) is 32.0 Å². The van der Waals surface area contributed by atoms with Gasteiger partial charge in [0.1, 0.15) is 0 Å². The quantitative estimate of drug-likeness (QED) is 0.787. The largest absolute Gasteiger partial charge is 0.316 e. The average molecular weight is 306 g/mol. The van der Waals surface area contributed by atoms with Gasteiger partial charge in [-0.1, -0.05) is 6.07 Å². The minimum absolute atomic E-state index is 0.0390. The van der Waals surface area contributed by atoms with Crippen LogP contribution in [0.25, 0.3) is 0 Å². The minimum Gasteiger partial charge on any atom is -0.316 e. The molecular weight excluding hydrogens is 288 g/mol. The predicted molar refractivity (Wildman–Crippen MR) is 80.1 cm³/mol. The van der Waals surface area contributed by atoms with Crippen LogP contribution in [0.2, 0.25) is 0 Å². The molecule has 0 amide bonds. The van der Waals surface area contributed by atoms with E-state index < -0.39 is 10.0 Å². The first-order chi connectivity index (χ1) is 10.1. The van der Waals surface area contributed by atoms with Crippen molar-refractivity contribution in [1.82, 2.24) is 20.0 Å². The molecule has 0 saturated heterocycles. The van der Waals surface area contributed by atoms with Gasteiger partial charge in [-0.15, -0.1) is 0 Å². The second kappa shape index (κ2) is 7.26. The SMILES string of the molecule is CNCc1ccc(S(=O)(=O)NCCc2ccncc2)nc1. The van der Waals surface area contributed by atoms with Crippen LogP contribution < -0.4 is 10.0 Å². The lowest BCUT2D eigenvalue weighted by Crippen LogP contribution is -2.26.